The van der Waals surface area contributed by atoms with E-state index in [1.807, 2.05) is 42.5 Å². The number of benzene rings is 2. The largest absolute Gasteiger partial charge is 0.394 e. The average molecular weight is 306 g/mol. The molecule has 2 rings (SSSR count). The van der Waals surface area contributed by atoms with E-state index < -0.39 is 0 Å². The van der Waals surface area contributed by atoms with Crippen molar-refractivity contribution in [3.8, 4) is 0 Å². The molecule has 2 aromatic carbocycles. The van der Waals surface area contributed by atoms with Gasteiger partial charge in [-0.1, -0.05) is 58.4 Å². The summed E-state index contributed by atoms with van der Waals surface area (Å²) < 4.78 is 1.08. The number of rotatable bonds is 5. The van der Waals surface area contributed by atoms with Gasteiger partial charge in [0.25, 0.3) is 0 Å². The molecule has 18 heavy (non-hydrogen) atoms. The van der Waals surface area contributed by atoms with Crippen LogP contribution in [0.2, 0.25) is 0 Å². The molecular weight excluding hydrogens is 290 g/mol. The number of nitrogens with one attached hydrogen (secondary N) is 1. The first-order valence-corrected chi connectivity index (χ1v) is 6.72. The zero-order chi connectivity index (χ0) is 12.8. The van der Waals surface area contributed by atoms with Gasteiger partial charge in [0, 0.05) is 11.0 Å². The Balaban J connectivity index is 1.97. The summed E-state index contributed by atoms with van der Waals surface area (Å²) in [7, 11) is 0. The van der Waals surface area contributed by atoms with Gasteiger partial charge >= 0.3 is 0 Å². The Kier molecular flexibility index (Phi) is 4.93. The average Bonchev–Trinajstić information content (AvgIpc) is 2.43. The summed E-state index contributed by atoms with van der Waals surface area (Å²) in [5, 5.41) is 12.8. The lowest BCUT2D eigenvalue weighted by Gasteiger charge is -2.16. The van der Waals surface area contributed by atoms with Crippen LogP contribution >= 0.6 is 15.9 Å². The minimum atomic E-state index is -0.0187. The third-order valence-corrected chi connectivity index (χ3v) is 3.38. The molecule has 0 amide bonds. The van der Waals surface area contributed by atoms with Crippen LogP contribution in [0.15, 0.2) is 59.1 Å². The normalized spacial score (nSPS) is 12.3. The van der Waals surface area contributed by atoms with Gasteiger partial charge < -0.3 is 10.4 Å². The summed E-state index contributed by atoms with van der Waals surface area (Å²) in [6.45, 7) is 0.841. The van der Waals surface area contributed by atoms with E-state index in [2.05, 4.69) is 33.4 Å². The van der Waals surface area contributed by atoms with E-state index in [0.717, 1.165) is 16.6 Å². The minimum Gasteiger partial charge on any atom is -0.394 e. The lowest BCUT2D eigenvalue weighted by atomic mass is 10.1. The first-order chi connectivity index (χ1) is 8.79. The molecule has 0 saturated heterocycles. The third-order valence-electron chi connectivity index (χ3n) is 2.85. The van der Waals surface area contributed by atoms with Crippen LogP contribution < -0.4 is 5.32 Å². The predicted octanol–water partition coefficient (Wildman–Crippen LogP) is 3.27. The number of aliphatic hydroxyl groups is 1. The van der Waals surface area contributed by atoms with E-state index in [0.29, 0.717) is 0 Å². The van der Waals surface area contributed by atoms with E-state index in [9.17, 15) is 5.11 Å². The maximum atomic E-state index is 9.43. The molecule has 0 spiro atoms. The maximum absolute atomic E-state index is 9.43. The molecule has 0 aliphatic rings. The SMILES string of the molecule is OC[C@H](NCc1ccc(Br)cc1)c1ccccc1. The Morgan fingerprint density at radius 1 is 1.00 bits per heavy atom. The topological polar surface area (TPSA) is 32.3 Å². The Morgan fingerprint density at radius 2 is 1.67 bits per heavy atom. The van der Waals surface area contributed by atoms with E-state index >= 15 is 0 Å². The van der Waals surface area contributed by atoms with Gasteiger partial charge in [-0.3, -0.25) is 0 Å². The number of aliphatic hydroxyl groups excluding tert-OH is 1. The summed E-state index contributed by atoms with van der Waals surface area (Å²) in [6, 6.07) is 18.2. The van der Waals surface area contributed by atoms with Gasteiger partial charge in [-0.2, -0.15) is 0 Å². The molecule has 1 atom stereocenters. The monoisotopic (exact) mass is 305 g/mol. The van der Waals surface area contributed by atoms with Gasteiger partial charge in [-0.05, 0) is 23.3 Å². The second-order valence-electron chi connectivity index (χ2n) is 4.15. The van der Waals surface area contributed by atoms with E-state index in [-0.39, 0.29) is 12.6 Å². The number of hydrogen-bond donors (Lipinski definition) is 2. The highest BCUT2D eigenvalue weighted by Crippen LogP contribution is 2.14. The Bertz CT molecular complexity index is 470. The zero-order valence-electron chi connectivity index (χ0n) is 10.0. The molecule has 0 heterocycles. The van der Waals surface area contributed by atoms with E-state index in [4.69, 9.17) is 0 Å². The van der Waals surface area contributed by atoms with Gasteiger partial charge in [0.05, 0.1) is 12.6 Å². The fraction of sp³-hybridized carbons (Fsp3) is 0.200. The van der Waals surface area contributed by atoms with Crippen molar-refractivity contribution in [1.29, 1.82) is 0 Å². The summed E-state index contributed by atoms with van der Waals surface area (Å²) in [5.74, 6) is 0. The molecule has 0 unspecified atom stereocenters. The molecule has 2 N–H and O–H groups in total. The van der Waals surface area contributed by atoms with Crippen LogP contribution in [0.25, 0.3) is 0 Å². The summed E-state index contributed by atoms with van der Waals surface area (Å²) in [6.07, 6.45) is 0. The lowest BCUT2D eigenvalue weighted by Crippen LogP contribution is -2.23. The second kappa shape index (κ2) is 6.69. The van der Waals surface area contributed by atoms with E-state index in [1.165, 1.54) is 5.56 Å². The van der Waals surface area contributed by atoms with Crippen molar-refractivity contribution >= 4 is 15.9 Å². The van der Waals surface area contributed by atoms with Gasteiger partial charge in [0.1, 0.15) is 0 Å². The minimum absolute atomic E-state index is 0.0187. The fourth-order valence-electron chi connectivity index (χ4n) is 1.82. The Morgan fingerprint density at radius 3 is 2.28 bits per heavy atom. The summed E-state index contributed by atoms with van der Waals surface area (Å²) >= 11 is 3.42. The van der Waals surface area contributed by atoms with Gasteiger partial charge in [-0.15, -0.1) is 0 Å². The molecule has 2 aromatic rings. The van der Waals surface area contributed by atoms with E-state index in [1.54, 1.807) is 0 Å². The molecule has 0 aliphatic heterocycles. The van der Waals surface area contributed by atoms with Crippen LogP contribution in [-0.2, 0) is 6.54 Å². The van der Waals surface area contributed by atoms with Gasteiger partial charge in [0.15, 0.2) is 0 Å². The van der Waals surface area contributed by atoms with Crippen molar-refractivity contribution in [2.24, 2.45) is 0 Å². The Labute approximate surface area is 116 Å². The smallest absolute Gasteiger partial charge is 0.0626 e. The van der Waals surface area contributed by atoms with Crippen LogP contribution in [0.1, 0.15) is 17.2 Å². The highest BCUT2D eigenvalue weighted by atomic mass is 79.9. The lowest BCUT2D eigenvalue weighted by molar-refractivity contribution is 0.243. The molecule has 0 radical (unpaired) electrons. The van der Waals surface area contributed by atoms with Gasteiger partial charge in [0.2, 0.25) is 0 Å². The summed E-state index contributed by atoms with van der Waals surface area (Å²) in [5.41, 5.74) is 2.31. The zero-order valence-corrected chi connectivity index (χ0v) is 11.6. The second-order valence-corrected chi connectivity index (χ2v) is 5.07. The third kappa shape index (κ3) is 3.67. The molecule has 0 saturated carbocycles. The van der Waals surface area contributed by atoms with Crippen molar-refractivity contribution in [2.75, 3.05) is 6.61 Å². The highest BCUT2D eigenvalue weighted by molar-refractivity contribution is 9.10. The van der Waals surface area contributed by atoms with Crippen molar-refractivity contribution in [3.63, 3.8) is 0 Å². The predicted molar refractivity (Wildman–Crippen MR) is 77.3 cm³/mol. The Hall–Kier alpha value is -1.16. The van der Waals surface area contributed by atoms with Gasteiger partial charge in [-0.25, -0.2) is 0 Å². The van der Waals surface area contributed by atoms with Crippen LogP contribution in [0, 0.1) is 0 Å². The first-order valence-electron chi connectivity index (χ1n) is 5.93. The molecular formula is C15H16BrNO. The van der Waals surface area contributed by atoms with Crippen LogP contribution in [-0.4, -0.2) is 11.7 Å². The molecule has 94 valence electrons. The quantitative estimate of drug-likeness (QED) is 0.888. The van der Waals surface area contributed by atoms with Crippen molar-refractivity contribution in [3.05, 3.63) is 70.2 Å². The van der Waals surface area contributed by atoms with Crippen LogP contribution in [0.4, 0.5) is 0 Å². The molecule has 0 bridgehead atoms. The van der Waals surface area contributed by atoms with Crippen LogP contribution in [0.5, 0.6) is 0 Å². The van der Waals surface area contributed by atoms with Crippen molar-refractivity contribution < 1.29 is 5.11 Å². The molecule has 0 fully saturated rings. The maximum Gasteiger partial charge on any atom is 0.0626 e. The summed E-state index contributed by atoms with van der Waals surface area (Å²) in [4.78, 5) is 0. The number of halogens is 1. The number of hydrogen-bond acceptors (Lipinski definition) is 2. The molecule has 3 heteroatoms. The van der Waals surface area contributed by atoms with Crippen LogP contribution in [0.3, 0.4) is 0 Å². The van der Waals surface area contributed by atoms with Crippen molar-refractivity contribution in [1.82, 2.24) is 5.32 Å². The molecule has 0 aromatic heterocycles. The molecule has 2 nitrogen and oxygen atoms in total. The molecule has 0 aliphatic carbocycles. The van der Waals surface area contributed by atoms with Crippen molar-refractivity contribution in [2.45, 2.75) is 12.6 Å². The highest BCUT2D eigenvalue weighted by Gasteiger charge is 2.08. The fourth-order valence-corrected chi connectivity index (χ4v) is 2.08. The first kappa shape index (κ1) is 13.3. The standard InChI is InChI=1S/C15H16BrNO/c16-14-8-6-12(7-9-14)10-17-15(11-18)13-4-2-1-3-5-13/h1-9,15,17-18H,10-11H2/t15-/m0/s1.